The summed E-state index contributed by atoms with van der Waals surface area (Å²) >= 11 is 3.44. The number of carbonyl (C=O) groups excluding carboxylic acids is 1. The Bertz CT molecular complexity index is 549. The van der Waals surface area contributed by atoms with Gasteiger partial charge in [-0.1, -0.05) is 0 Å². The largest absolute Gasteiger partial charge is 0.379 e. The first-order chi connectivity index (χ1) is 12.3. The van der Waals surface area contributed by atoms with Gasteiger partial charge in [0.25, 0.3) is 0 Å². The number of rotatable bonds is 6. The zero-order valence-electron chi connectivity index (χ0n) is 14.9. The molecule has 2 fully saturated rings. The molecule has 3 heterocycles. The van der Waals surface area contributed by atoms with Gasteiger partial charge < -0.3 is 15.0 Å². The van der Waals surface area contributed by atoms with Crippen LogP contribution in [0, 0.1) is 0 Å². The lowest BCUT2D eigenvalue weighted by atomic mass is 10.0. The lowest BCUT2D eigenvalue weighted by Gasteiger charge is -2.39. The van der Waals surface area contributed by atoms with Crippen LogP contribution in [0.4, 0.5) is 4.79 Å². The van der Waals surface area contributed by atoms with Gasteiger partial charge in [-0.25, -0.2) is 9.78 Å². The van der Waals surface area contributed by atoms with Crippen LogP contribution in [-0.4, -0.2) is 72.5 Å². The fraction of sp³-hybridized carbons (Fsp3) is 0.765. The summed E-state index contributed by atoms with van der Waals surface area (Å²) in [5.41, 5.74) is 0.962. The molecule has 0 saturated carbocycles. The zero-order chi connectivity index (χ0) is 17.5. The Morgan fingerprint density at radius 2 is 2.24 bits per heavy atom. The van der Waals surface area contributed by atoms with Crippen molar-refractivity contribution in [3.8, 4) is 0 Å². The molecule has 2 aliphatic rings. The highest BCUT2D eigenvalue weighted by Gasteiger charge is 2.28. The van der Waals surface area contributed by atoms with Crippen molar-refractivity contribution >= 4 is 29.1 Å². The van der Waals surface area contributed by atoms with Crippen LogP contribution in [0.5, 0.6) is 0 Å². The molecule has 1 N–H and O–H groups in total. The smallest absolute Gasteiger partial charge is 0.318 e. The number of likely N-dealkylation sites (tertiary alicyclic amines) is 1. The van der Waals surface area contributed by atoms with Crippen molar-refractivity contribution in [2.75, 3.05) is 45.6 Å². The van der Waals surface area contributed by atoms with E-state index < -0.39 is 0 Å². The van der Waals surface area contributed by atoms with E-state index in [0.29, 0.717) is 12.6 Å². The minimum absolute atomic E-state index is 0.0531. The Labute approximate surface area is 158 Å². The van der Waals surface area contributed by atoms with E-state index in [1.807, 2.05) is 10.3 Å². The number of carbonyl (C=O) groups is 1. The molecule has 0 radical (unpaired) electrons. The van der Waals surface area contributed by atoms with Crippen molar-refractivity contribution < 1.29 is 9.53 Å². The summed E-state index contributed by atoms with van der Waals surface area (Å²) in [7, 11) is 0. The Hall–Kier alpha value is -0.830. The quantitative estimate of drug-likeness (QED) is 0.816. The molecule has 1 aromatic heterocycles. The second-order valence-corrected chi connectivity index (χ2v) is 8.39. The molecule has 0 unspecified atom stereocenters. The molecule has 2 aliphatic heterocycles. The average molecular weight is 385 g/mol. The molecule has 0 spiro atoms. The third-order valence-electron chi connectivity index (χ3n) is 4.75. The SMILES string of the molecule is CSCc1nc(CNC(=O)N2CCCC[C@@H]2CN2CCOCC2)cs1. The number of morpholine rings is 1. The van der Waals surface area contributed by atoms with Crippen LogP contribution in [0.2, 0.25) is 0 Å². The van der Waals surface area contributed by atoms with Crippen molar-refractivity contribution in [2.45, 2.75) is 37.6 Å². The average Bonchev–Trinajstić information content (AvgIpc) is 3.09. The van der Waals surface area contributed by atoms with E-state index in [9.17, 15) is 4.79 Å². The number of nitrogens with zero attached hydrogens (tertiary/aromatic N) is 3. The highest BCUT2D eigenvalue weighted by atomic mass is 32.2. The molecule has 140 valence electrons. The Kier molecular flexibility index (Phi) is 7.39. The van der Waals surface area contributed by atoms with Crippen molar-refractivity contribution in [1.29, 1.82) is 0 Å². The molecule has 6 nitrogen and oxygen atoms in total. The Morgan fingerprint density at radius 3 is 3.04 bits per heavy atom. The Morgan fingerprint density at radius 1 is 1.40 bits per heavy atom. The first-order valence-corrected chi connectivity index (χ1v) is 11.3. The number of aromatic nitrogens is 1. The Balaban J connectivity index is 1.50. The van der Waals surface area contributed by atoms with Gasteiger partial charge in [-0.05, 0) is 25.5 Å². The number of nitrogens with one attached hydrogen (secondary N) is 1. The number of hydrogen-bond donors (Lipinski definition) is 1. The van der Waals surface area contributed by atoms with Crippen molar-refractivity contribution in [2.24, 2.45) is 0 Å². The predicted octanol–water partition coefficient (Wildman–Crippen LogP) is 2.40. The van der Waals surface area contributed by atoms with E-state index in [1.54, 1.807) is 23.1 Å². The summed E-state index contributed by atoms with van der Waals surface area (Å²) in [5, 5.41) is 6.25. The van der Waals surface area contributed by atoms with Crippen molar-refractivity contribution in [3.05, 3.63) is 16.1 Å². The van der Waals surface area contributed by atoms with E-state index in [0.717, 1.165) is 68.7 Å². The molecule has 3 rings (SSSR count). The number of ether oxygens (including phenoxy) is 1. The predicted molar refractivity (Wildman–Crippen MR) is 103 cm³/mol. The second-order valence-electron chi connectivity index (χ2n) is 6.58. The van der Waals surface area contributed by atoms with Gasteiger partial charge in [0.05, 0.1) is 25.5 Å². The van der Waals surface area contributed by atoms with Crippen LogP contribution in [-0.2, 0) is 17.0 Å². The van der Waals surface area contributed by atoms with E-state index in [-0.39, 0.29) is 6.03 Å². The van der Waals surface area contributed by atoms with Crippen molar-refractivity contribution in [1.82, 2.24) is 20.1 Å². The fourth-order valence-corrected chi connectivity index (χ4v) is 4.94. The minimum atomic E-state index is 0.0531. The van der Waals surface area contributed by atoms with E-state index in [1.165, 1.54) is 6.42 Å². The monoisotopic (exact) mass is 384 g/mol. The van der Waals surface area contributed by atoms with Gasteiger partial charge in [0.2, 0.25) is 0 Å². The lowest BCUT2D eigenvalue weighted by molar-refractivity contribution is 0.0221. The maximum Gasteiger partial charge on any atom is 0.318 e. The van der Waals surface area contributed by atoms with Gasteiger partial charge in [-0.2, -0.15) is 11.8 Å². The van der Waals surface area contributed by atoms with Crippen molar-refractivity contribution in [3.63, 3.8) is 0 Å². The third-order valence-corrected chi connectivity index (χ3v) is 6.39. The van der Waals surface area contributed by atoms with E-state index in [4.69, 9.17) is 4.74 Å². The summed E-state index contributed by atoms with van der Waals surface area (Å²) in [5.74, 6) is 0.937. The molecular weight excluding hydrogens is 356 g/mol. The molecular formula is C17H28N4O2S2. The first kappa shape index (κ1) is 18.9. The molecule has 8 heteroatoms. The van der Waals surface area contributed by atoms with Gasteiger partial charge in [0.15, 0.2) is 0 Å². The van der Waals surface area contributed by atoms with E-state index >= 15 is 0 Å². The normalized spacial score (nSPS) is 22.1. The number of urea groups is 1. The first-order valence-electron chi connectivity index (χ1n) is 9.03. The number of piperidine rings is 1. The highest BCUT2D eigenvalue weighted by molar-refractivity contribution is 7.97. The molecule has 0 aromatic carbocycles. The maximum absolute atomic E-state index is 12.7. The molecule has 2 saturated heterocycles. The summed E-state index contributed by atoms with van der Waals surface area (Å²) < 4.78 is 5.43. The van der Waals surface area contributed by atoms with Crippen LogP contribution >= 0.6 is 23.1 Å². The summed E-state index contributed by atoms with van der Waals surface area (Å²) in [6.45, 7) is 5.90. The number of thioether (sulfide) groups is 1. The molecule has 0 bridgehead atoms. The van der Waals surface area contributed by atoms with Crippen LogP contribution in [0.3, 0.4) is 0 Å². The standard InChI is InChI=1S/C17H28N4O2S2/c1-24-13-16-19-14(12-25-16)10-18-17(22)21-5-3-2-4-15(21)11-20-6-8-23-9-7-20/h12,15H,2-11,13H2,1H3,(H,18,22)/t15-/m1/s1. The highest BCUT2D eigenvalue weighted by Crippen LogP contribution is 2.19. The number of thiazole rings is 1. The summed E-state index contributed by atoms with van der Waals surface area (Å²) in [6, 6.07) is 0.367. The molecule has 1 aromatic rings. The third kappa shape index (κ3) is 5.57. The van der Waals surface area contributed by atoms with Crippen LogP contribution in [0.15, 0.2) is 5.38 Å². The van der Waals surface area contributed by atoms with Gasteiger partial charge in [-0.3, -0.25) is 4.90 Å². The topological polar surface area (TPSA) is 57.7 Å². The zero-order valence-corrected chi connectivity index (χ0v) is 16.5. The van der Waals surface area contributed by atoms with Gasteiger partial charge in [0.1, 0.15) is 5.01 Å². The van der Waals surface area contributed by atoms with Gasteiger partial charge >= 0.3 is 6.03 Å². The van der Waals surface area contributed by atoms with Crippen LogP contribution < -0.4 is 5.32 Å². The van der Waals surface area contributed by atoms with E-state index in [2.05, 4.69) is 21.5 Å². The maximum atomic E-state index is 12.7. The molecule has 0 aliphatic carbocycles. The number of hydrogen-bond acceptors (Lipinski definition) is 6. The van der Waals surface area contributed by atoms with Crippen LogP contribution in [0.1, 0.15) is 30.0 Å². The number of amides is 2. The fourth-order valence-electron chi connectivity index (χ4n) is 3.43. The van der Waals surface area contributed by atoms with Gasteiger partial charge in [-0.15, -0.1) is 11.3 Å². The minimum Gasteiger partial charge on any atom is -0.379 e. The molecule has 25 heavy (non-hydrogen) atoms. The lowest BCUT2D eigenvalue weighted by Crippen LogP contribution is -2.53. The van der Waals surface area contributed by atoms with Crippen LogP contribution in [0.25, 0.3) is 0 Å². The van der Waals surface area contributed by atoms with Gasteiger partial charge in [0, 0.05) is 43.4 Å². The summed E-state index contributed by atoms with van der Waals surface area (Å²) in [6.07, 6.45) is 5.48. The molecule has 2 amide bonds. The summed E-state index contributed by atoms with van der Waals surface area (Å²) in [4.78, 5) is 21.7. The second kappa shape index (κ2) is 9.75. The molecule has 1 atom stereocenters.